The summed E-state index contributed by atoms with van der Waals surface area (Å²) in [5, 5.41) is 0. The van der Waals surface area contributed by atoms with E-state index in [1.165, 1.54) is 0 Å². The van der Waals surface area contributed by atoms with Crippen molar-refractivity contribution in [2.75, 3.05) is 0 Å². The van der Waals surface area contributed by atoms with Gasteiger partial charge in [0.1, 0.15) is 5.75 Å². The fraction of sp³-hybridized carbons (Fsp3) is 0.455. The summed E-state index contributed by atoms with van der Waals surface area (Å²) in [6, 6.07) is 5.98. The molecule has 0 aromatic heterocycles. The monoisotopic (exact) mass is 193 g/mol. The average Bonchev–Trinajstić information content (AvgIpc) is 2.16. The molecule has 1 aromatic rings. The maximum absolute atomic E-state index is 5.66. The maximum Gasteiger partial charge on any atom is 0.205 e. The summed E-state index contributed by atoms with van der Waals surface area (Å²) in [6.45, 7) is 4.96. The fourth-order valence-corrected chi connectivity index (χ4v) is 1.52. The van der Waals surface area contributed by atoms with Crippen molar-refractivity contribution in [2.24, 2.45) is 5.73 Å². The van der Waals surface area contributed by atoms with Crippen LogP contribution in [0.2, 0.25) is 0 Å². The van der Waals surface area contributed by atoms with Gasteiger partial charge in [0.05, 0.1) is 6.61 Å². The molecule has 1 aliphatic rings. The summed E-state index contributed by atoms with van der Waals surface area (Å²) in [7, 11) is 0. The Bertz CT molecular complexity index is 347. The molecular formula is C11H15NO2. The van der Waals surface area contributed by atoms with Crippen molar-refractivity contribution in [3.05, 3.63) is 29.3 Å². The number of fused-ring (bicyclic) bond motifs is 1. The second-order valence-electron chi connectivity index (χ2n) is 3.94. The van der Waals surface area contributed by atoms with Gasteiger partial charge in [-0.1, -0.05) is 6.07 Å². The van der Waals surface area contributed by atoms with Crippen LogP contribution in [0.1, 0.15) is 25.0 Å². The third-order valence-electron chi connectivity index (χ3n) is 2.29. The van der Waals surface area contributed by atoms with Crippen LogP contribution in [0.5, 0.6) is 5.75 Å². The number of hydrogen-bond donors (Lipinski definition) is 1. The van der Waals surface area contributed by atoms with Gasteiger partial charge in [0.15, 0.2) is 0 Å². The van der Waals surface area contributed by atoms with E-state index in [2.05, 4.69) is 0 Å². The second-order valence-corrected chi connectivity index (χ2v) is 3.94. The van der Waals surface area contributed by atoms with Crippen LogP contribution in [-0.4, -0.2) is 5.79 Å². The molecule has 3 nitrogen and oxygen atoms in total. The van der Waals surface area contributed by atoms with Gasteiger partial charge in [0.2, 0.25) is 5.79 Å². The molecule has 0 radical (unpaired) electrons. The first-order valence-electron chi connectivity index (χ1n) is 4.75. The van der Waals surface area contributed by atoms with E-state index in [0.717, 1.165) is 16.9 Å². The lowest BCUT2D eigenvalue weighted by atomic mass is 10.1. The number of benzene rings is 1. The minimum atomic E-state index is -0.517. The highest BCUT2D eigenvalue weighted by Crippen LogP contribution is 2.31. The van der Waals surface area contributed by atoms with Gasteiger partial charge < -0.3 is 15.2 Å². The summed E-state index contributed by atoms with van der Waals surface area (Å²) in [5.41, 5.74) is 7.74. The van der Waals surface area contributed by atoms with Crippen LogP contribution in [0.25, 0.3) is 0 Å². The highest BCUT2D eigenvalue weighted by molar-refractivity contribution is 5.38. The maximum atomic E-state index is 5.66. The van der Waals surface area contributed by atoms with Crippen LogP contribution < -0.4 is 10.5 Å². The van der Waals surface area contributed by atoms with Gasteiger partial charge in [-0.3, -0.25) is 0 Å². The first-order chi connectivity index (χ1) is 6.61. The zero-order valence-corrected chi connectivity index (χ0v) is 8.54. The Kier molecular flexibility index (Phi) is 2.21. The first-order valence-corrected chi connectivity index (χ1v) is 4.75. The molecule has 2 N–H and O–H groups in total. The molecule has 0 spiro atoms. The van der Waals surface area contributed by atoms with E-state index >= 15 is 0 Å². The van der Waals surface area contributed by atoms with E-state index in [0.29, 0.717) is 13.2 Å². The topological polar surface area (TPSA) is 44.5 Å². The molecule has 0 saturated heterocycles. The molecule has 1 heterocycles. The zero-order chi connectivity index (χ0) is 10.2. The predicted molar refractivity (Wildman–Crippen MR) is 53.8 cm³/mol. The molecule has 3 heteroatoms. The van der Waals surface area contributed by atoms with Crippen LogP contribution in [0.4, 0.5) is 0 Å². The fourth-order valence-electron chi connectivity index (χ4n) is 1.52. The SMILES string of the molecule is CC1(C)OCc2cc(CN)ccc2O1. The molecule has 0 bridgehead atoms. The number of nitrogens with two attached hydrogens (primary N) is 1. The Morgan fingerprint density at radius 2 is 2.21 bits per heavy atom. The van der Waals surface area contributed by atoms with E-state index in [9.17, 15) is 0 Å². The molecular weight excluding hydrogens is 178 g/mol. The summed E-state index contributed by atoms with van der Waals surface area (Å²) in [5.74, 6) is 0.385. The van der Waals surface area contributed by atoms with Crippen molar-refractivity contribution in [3.8, 4) is 5.75 Å². The van der Waals surface area contributed by atoms with Gasteiger partial charge in [-0.2, -0.15) is 0 Å². The molecule has 2 rings (SSSR count). The molecule has 0 aliphatic carbocycles. The lowest BCUT2D eigenvalue weighted by Crippen LogP contribution is -2.35. The van der Waals surface area contributed by atoms with Gasteiger partial charge in [-0.25, -0.2) is 0 Å². The molecule has 1 aromatic carbocycles. The van der Waals surface area contributed by atoms with E-state index in [4.69, 9.17) is 15.2 Å². The lowest BCUT2D eigenvalue weighted by molar-refractivity contribution is -0.180. The Morgan fingerprint density at radius 3 is 2.93 bits per heavy atom. The Morgan fingerprint density at radius 1 is 1.43 bits per heavy atom. The largest absolute Gasteiger partial charge is 0.463 e. The molecule has 0 unspecified atom stereocenters. The van der Waals surface area contributed by atoms with Gasteiger partial charge in [0.25, 0.3) is 0 Å². The molecule has 0 saturated carbocycles. The number of ether oxygens (including phenoxy) is 2. The van der Waals surface area contributed by atoms with Crippen molar-refractivity contribution in [1.29, 1.82) is 0 Å². The zero-order valence-electron chi connectivity index (χ0n) is 8.54. The van der Waals surface area contributed by atoms with Crippen LogP contribution in [0.3, 0.4) is 0 Å². The van der Waals surface area contributed by atoms with Crippen molar-refractivity contribution in [3.63, 3.8) is 0 Å². The van der Waals surface area contributed by atoms with Gasteiger partial charge in [-0.15, -0.1) is 0 Å². The van der Waals surface area contributed by atoms with Crippen LogP contribution in [0.15, 0.2) is 18.2 Å². The highest BCUT2D eigenvalue weighted by Gasteiger charge is 2.26. The van der Waals surface area contributed by atoms with Crippen molar-refractivity contribution in [2.45, 2.75) is 32.8 Å². The van der Waals surface area contributed by atoms with Gasteiger partial charge in [0, 0.05) is 26.0 Å². The highest BCUT2D eigenvalue weighted by atomic mass is 16.7. The first kappa shape index (κ1) is 9.49. The number of rotatable bonds is 1. The quantitative estimate of drug-likeness (QED) is 0.739. The molecule has 0 amide bonds. The van der Waals surface area contributed by atoms with E-state index in [-0.39, 0.29) is 0 Å². The van der Waals surface area contributed by atoms with Crippen LogP contribution in [-0.2, 0) is 17.9 Å². The standard InChI is InChI=1S/C11H15NO2/c1-11(2)13-7-9-5-8(6-12)3-4-10(9)14-11/h3-5H,6-7,12H2,1-2H3. The van der Waals surface area contributed by atoms with Gasteiger partial charge >= 0.3 is 0 Å². The summed E-state index contributed by atoms with van der Waals surface area (Å²) >= 11 is 0. The molecule has 76 valence electrons. The van der Waals surface area contributed by atoms with Crippen molar-refractivity contribution in [1.82, 2.24) is 0 Å². The molecule has 14 heavy (non-hydrogen) atoms. The summed E-state index contributed by atoms with van der Waals surface area (Å²) in [4.78, 5) is 0. The Hall–Kier alpha value is -1.06. The molecule has 0 atom stereocenters. The van der Waals surface area contributed by atoms with Crippen molar-refractivity contribution < 1.29 is 9.47 Å². The van der Waals surface area contributed by atoms with E-state index in [1.54, 1.807) is 0 Å². The number of hydrogen-bond acceptors (Lipinski definition) is 3. The minimum Gasteiger partial charge on any atom is -0.463 e. The van der Waals surface area contributed by atoms with Crippen molar-refractivity contribution >= 4 is 0 Å². The Labute approximate surface area is 83.8 Å². The third-order valence-corrected chi connectivity index (χ3v) is 2.29. The second kappa shape index (κ2) is 3.26. The van der Waals surface area contributed by atoms with E-state index < -0.39 is 5.79 Å². The van der Waals surface area contributed by atoms with Crippen LogP contribution in [0, 0.1) is 0 Å². The minimum absolute atomic E-state index is 0.517. The Balaban J connectivity index is 2.32. The predicted octanol–water partition coefficient (Wildman–Crippen LogP) is 1.79. The van der Waals surface area contributed by atoms with Crippen LogP contribution >= 0.6 is 0 Å². The van der Waals surface area contributed by atoms with Gasteiger partial charge in [-0.05, 0) is 17.7 Å². The molecule has 0 fully saturated rings. The molecule has 1 aliphatic heterocycles. The normalized spacial score (nSPS) is 18.5. The summed E-state index contributed by atoms with van der Waals surface area (Å²) in [6.07, 6.45) is 0. The average molecular weight is 193 g/mol. The smallest absolute Gasteiger partial charge is 0.205 e. The summed E-state index contributed by atoms with van der Waals surface area (Å²) < 4.78 is 11.2. The third kappa shape index (κ3) is 1.74. The lowest BCUT2D eigenvalue weighted by Gasteiger charge is -2.32. The van der Waals surface area contributed by atoms with E-state index in [1.807, 2.05) is 32.0 Å².